The molecule has 3 rings (SSSR count). The van der Waals surface area contributed by atoms with Crippen molar-refractivity contribution in [3.63, 3.8) is 0 Å². The zero-order valence-corrected chi connectivity index (χ0v) is 19.5. The predicted octanol–water partition coefficient (Wildman–Crippen LogP) is 7.96. The first-order valence-electron chi connectivity index (χ1n) is 11.4. The number of allylic oxidation sites excluding steroid dienone is 5. The Morgan fingerprint density at radius 3 is 2.52 bits per heavy atom. The van der Waals surface area contributed by atoms with Crippen LogP contribution in [0.5, 0.6) is 0 Å². The Kier molecular flexibility index (Phi) is 7.73. The van der Waals surface area contributed by atoms with Crippen LogP contribution >= 0.6 is 0 Å². The Hall–Kier alpha value is -2.81. The van der Waals surface area contributed by atoms with Gasteiger partial charge in [-0.1, -0.05) is 48.9 Å². The highest BCUT2D eigenvalue weighted by Crippen LogP contribution is 2.39. The van der Waals surface area contributed by atoms with E-state index >= 15 is 0 Å². The number of alkyl halides is 1. The average molecular weight is 419 g/mol. The number of aryl methyl sites for hydroxylation is 1. The van der Waals surface area contributed by atoms with Crippen molar-refractivity contribution in [3.05, 3.63) is 82.0 Å². The van der Waals surface area contributed by atoms with Gasteiger partial charge in [0, 0.05) is 13.6 Å². The van der Waals surface area contributed by atoms with E-state index in [0.717, 1.165) is 48.3 Å². The zero-order valence-electron chi connectivity index (χ0n) is 19.5. The Morgan fingerprint density at radius 1 is 1.06 bits per heavy atom. The van der Waals surface area contributed by atoms with E-state index in [1.165, 1.54) is 27.8 Å². The molecule has 31 heavy (non-hydrogen) atoms. The van der Waals surface area contributed by atoms with Crippen LogP contribution in [0, 0.1) is 0 Å². The van der Waals surface area contributed by atoms with Gasteiger partial charge >= 0.3 is 0 Å². The maximum atomic E-state index is 14.0. The van der Waals surface area contributed by atoms with Gasteiger partial charge in [-0.25, -0.2) is 4.39 Å². The molecule has 1 atom stereocenters. The summed E-state index contributed by atoms with van der Waals surface area (Å²) in [7, 11) is 1.94. The van der Waals surface area contributed by atoms with Crippen LogP contribution in [0.4, 0.5) is 15.8 Å². The van der Waals surface area contributed by atoms with E-state index in [4.69, 9.17) is 0 Å². The topological polar surface area (TPSA) is 24.1 Å². The summed E-state index contributed by atoms with van der Waals surface area (Å²) in [5, 5.41) is 6.71. The number of hydrogen-bond donors (Lipinski definition) is 2. The van der Waals surface area contributed by atoms with Crippen molar-refractivity contribution in [3.8, 4) is 0 Å². The van der Waals surface area contributed by atoms with Crippen molar-refractivity contribution in [1.82, 2.24) is 0 Å². The molecule has 0 spiro atoms. The minimum absolute atomic E-state index is 0.762. The summed E-state index contributed by atoms with van der Waals surface area (Å²) in [6, 6.07) is 12.6. The lowest BCUT2D eigenvalue weighted by atomic mass is 9.90. The van der Waals surface area contributed by atoms with E-state index in [1.807, 2.05) is 13.1 Å². The van der Waals surface area contributed by atoms with Crippen molar-refractivity contribution in [2.75, 3.05) is 24.2 Å². The molecule has 1 aliphatic carbocycles. The molecule has 2 aromatic carbocycles. The van der Waals surface area contributed by atoms with Gasteiger partial charge in [-0.05, 0) is 91.6 Å². The van der Waals surface area contributed by atoms with Gasteiger partial charge in [0.05, 0.1) is 11.4 Å². The van der Waals surface area contributed by atoms with Crippen LogP contribution in [0.3, 0.4) is 0 Å². The summed E-state index contributed by atoms with van der Waals surface area (Å²) >= 11 is 0. The Labute approximate surface area is 187 Å². The van der Waals surface area contributed by atoms with E-state index in [9.17, 15) is 4.39 Å². The second-order valence-corrected chi connectivity index (χ2v) is 8.05. The number of fused-ring (bicyclic) bond motifs is 1. The molecule has 1 aliphatic rings. The highest BCUT2D eigenvalue weighted by atomic mass is 19.1. The quantitative estimate of drug-likeness (QED) is 0.476. The summed E-state index contributed by atoms with van der Waals surface area (Å²) in [5.74, 6) is 0. The summed E-state index contributed by atoms with van der Waals surface area (Å²) in [6.07, 6.45) is 8.65. The summed E-state index contributed by atoms with van der Waals surface area (Å²) in [6.45, 7) is 8.89. The Balaban J connectivity index is 2.23. The van der Waals surface area contributed by atoms with Crippen LogP contribution in [0.2, 0.25) is 0 Å². The second kappa shape index (κ2) is 10.5. The highest BCUT2D eigenvalue weighted by molar-refractivity contribution is 5.95. The van der Waals surface area contributed by atoms with E-state index in [0.29, 0.717) is 0 Å². The average Bonchev–Trinajstić information content (AvgIpc) is 2.91. The number of benzene rings is 2. The fourth-order valence-electron chi connectivity index (χ4n) is 4.36. The van der Waals surface area contributed by atoms with Crippen LogP contribution < -0.4 is 10.6 Å². The lowest BCUT2D eigenvalue weighted by Crippen LogP contribution is -2.01. The first kappa shape index (κ1) is 22.9. The smallest absolute Gasteiger partial charge is 0.122 e. The van der Waals surface area contributed by atoms with Crippen LogP contribution in [-0.4, -0.2) is 13.6 Å². The van der Waals surface area contributed by atoms with Crippen molar-refractivity contribution < 1.29 is 4.39 Å². The molecule has 0 saturated carbocycles. The highest BCUT2D eigenvalue weighted by Gasteiger charge is 2.20. The van der Waals surface area contributed by atoms with Crippen molar-refractivity contribution >= 4 is 23.0 Å². The normalized spacial score (nSPS) is 16.4. The third kappa shape index (κ3) is 5.10. The maximum Gasteiger partial charge on any atom is 0.122 e. The molecule has 0 amide bonds. The zero-order chi connectivity index (χ0) is 22.4. The van der Waals surface area contributed by atoms with Crippen molar-refractivity contribution in [2.45, 2.75) is 53.1 Å². The Morgan fingerprint density at radius 2 is 1.87 bits per heavy atom. The first-order valence-corrected chi connectivity index (χ1v) is 11.4. The molecule has 0 heterocycles. The monoisotopic (exact) mass is 418 g/mol. The largest absolute Gasteiger partial charge is 0.386 e. The molecule has 3 heteroatoms. The molecule has 0 aromatic heterocycles. The number of rotatable bonds is 7. The van der Waals surface area contributed by atoms with Crippen LogP contribution in [-0.2, 0) is 6.42 Å². The van der Waals surface area contributed by atoms with Crippen molar-refractivity contribution in [1.29, 1.82) is 0 Å². The van der Waals surface area contributed by atoms with Gasteiger partial charge in [-0.15, -0.1) is 0 Å². The van der Waals surface area contributed by atoms with Gasteiger partial charge in [0.2, 0.25) is 0 Å². The number of halogens is 1. The van der Waals surface area contributed by atoms with Gasteiger partial charge in [-0.2, -0.15) is 0 Å². The van der Waals surface area contributed by atoms with E-state index < -0.39 is 6.17 Å². The third-order valence-corrected chi connectivity index (χ3v) is 6.00. The van der Waals surface area contributed by atoms with Gasteiger partial charge < -0.3 is 10.6 Å². The third-order valence-electron chi connectivity index (χ3n) is 6.00. The molecule has 0 radical (unpaired) electrons. The second-order valence-electron chi connectivity index (χ2n) is 8.05. The minimum Gasteiger partial charge on any atom is -0.386 e. The van der Waals surface area contributed by atoms with E-state index in [2.05, 4.69) is 80.0 Å². The van der Waals surface area contributed by atoms with Crippen LogP contribution in [0.15, 0.2) is 59.7 Å². The van der Waals surface area contributed by atoms with Gasteiger partial charge in [0.15, 0.2) is 0 Å². The number of hydrogen-bond acceptors (Lipinski definition) is 2. The Bertz CT molecular complexity index is 1010. The molecular weight excluding hydrogens is 383 g/mol. The van der Waals surface area contributed by atoms with Gasteiger partial charge in [-0.3, -0.25) is 0 Å². The van der Waals surface area contributed by atoms with Gasteiger partial charge in [0.1, 0.15) is 6.17 Å². The molecule has 1 unspecified atom stereocenters. The molecule has 164 valence electrons. The van der Waals surface area contributed by atoms with Crippen molar-refractivity contribution in [2.24, 2.45) is 0 Å². The molecule has 2 aromatic rings. The van der Waals surface area contributed by atoms with Crippen LogP contribution in [0.25, 0.3) is 11.6 Å². The molecule has 0 bridgehead atoms. The number of anilines is 2. The van der Waals surface area contributed by atoms with E-state index in [1.54, 1.807) is 6.92 Å². The first-order chi connectivity index (χ1) is 15.0. The maximum absolute atomic E-state index is 14.0. The van der Waals surface area contributed by atoms with Gasteiger partial charge in [0.25, 0.3) is 0 Å². The number of nitrogens with one attached hydrogen (secondary N) is 2. The molecule has 2 N–H and O–H groups in total. The molecule has 0 saturated heterocycles. The molecule has 0 aliphatic heterocycles. The van der Waals surface area contributed by atoms with E-state index in [-0.39, 0.29) is 0 Å². The standard InChI is InChI=1S/C28H35FN2/c1-6-9-24-21(7-2)11-12-23-18-22(19(4)29)13-14-25(23)26(24)16-20-10-15-27(30-5)28(17-20)31-8-3/h6,9-10,13-19,30-31H,7-8,11-12H2,1-5H3/b9-6-,26-16+. The lowest BCUT2D eigenvalue weighted by molar-refractivity contribution is 0.374. The summed E-state index contributed by atoms with van der Waals surface area (Å²) < 4.78 is 14.0. The molecule has 2 nitrogen and oxygen atoms in total. The SMILES string of the molecule is C/C=C\C1=C(CC)CCc2cc(C(C)F)ccc2/C1=C/c1ccc(NC)c(NCC)c1. The fourth-order valence-corrected chi connectivity index (χ4v) is 4.36. The molecular formula is C28H35FN2. The summed E-state index contributed by atoms with van der Waals surface area (Å²) in [4.78, 5) is 0. The predicted molar refractivity (Wildman–Crippen MR) is 134 cm³/mol. The molecule has 0 fully saturated rings. The van der Waals surface area contributed by atoms with Crippen LogP contribution in [0.1, 0.15) is 69.0 Å². The lowest BCUT2D eigenvalue weighted by Gasteiger charge is -2.16. The fraction of sp³-hybridized carbons (Fsp3) is 0.357. The minimum atomic E-state index is -0.952. The summed E-state index contributed by atoms with van der Waals surface area (Å²) in [5.41, 5.74) is 10.5.